The maximum Gasteiger partial charge on any atom is 0.204 e. The summed E-state index contributed by atoms with van der Waals surface area (Å²) in [6.07, 6.45) is 0. The third-order valence-corrected chi connectivity index (χ3v) is 1.96. The first-order chi connectivity index (χ1) is 7.78. The van der Waals surface area contributed by atoms with Gasteiger partial charge in [-0.05, 0) is 18.1 Å². The average molecular weight is 217 g/mol. The molecule has 0 fully saturated rings. The molecule has 1 aromatic carbocycles. The molecule has 0 aliphatic rings. The van der Waals surface area contributed by atoms with Crippen molar-refractivity contribution in [3.63, 3.8) is 0 Å². The molecule has 0 amide bonds. The molecule has 0 atom stereocenters. The molecule has 0 N–H and O–H groups in total. The summed E-state index contributed by atoms with van der Waals surface area (Å²) in [6, 6.07) is 5.17. The fraction of sp³-hybridized carbons (Fsp3) is 0.250. The van der Waals surface area contributed by atoms with Gasteiger partial charge in [-0.3, -0.25) is 0 Å². The minimum atomic E-state index is 0.463. The van der Waals surface area contributed by atoms with Crippen LogP contribution in [0.25, 0.3) is 0 Å². The van der Waals surface area contributed by atoms with E-state index in [0.717, 1.165) is 0 Å². The lowest BCUT2D eigenvalue weighted by atomic mass is 10.1. The lowest BCUT2D eigenvalue weighted by Gasteiger charge is -2.12. The van der Waals surface area contributed by atoms with Gasteiger partial charge >= 0.3 is 0 Å². The topological polar surface area (TPSA) is 51.5 Å². The zero-order valence-corrected chi connectivity index (χ0v) is 9.33. The summed E-state index contributed by atoms with van der Waals surface area (Å²) in [5, 5.41) is 8.40. The normalized spacial score (nSPS) is 8.38. The maximum absolute atomic E-state index is 8.40. The summed E-state index contributed by atoms with van der Waals surface area (Å²) in [7, 11) is 4.56. The zero-order chi connectivity index (χ0) is 12.0. The summed E-state index contributed by atoms with van der Waals surface area (Å²) >= 11 is 0. The molecule has 1 rings (SSSR count). The van der Waals surface area contributed by atoms with E-state index in [2.05, 4.69) is 11.8 Å². The summed E-state index contributed by atoms with van der Waals surface area (Å²) in [6.45, 7) is 0. The van der Waals surface area contributed by atoms with Crippen LogP contribution in [0.15, 0.2) is 12.1 Å². The fourth-order valence-corrected chi connectivity index (χ4v) is 1.30. The number of rotatable bonds is 3. The van der Waals surface area contributed by atoms with Crippen LogP contribution < -0.4 is 14.2 Å². The lowest BCUT2D eigenvalue weighted by Crippen LogP contribution is -1.96. The standard InChI is InChI=1S/C12H11NO3/c1-14-10-7-6-9(5-4-8-13)11(15-2)12(10)16-3/h6-7H,1-3H3. The first-order valence-electron chi connectivity index (χ1n) is 4.47. The molecule has 0 aromatic heterocycles. The van der Waals surface area contributed by atoms with Crippen LogP contribution in [-0.2, 0) is 0 Å². The van der Waals surface area contributed by atoms with E-state index in [0.29, 0.717) is 22.8 Å². The molecule has 0 unspecified atom stereocenters. The van der Waals surface area contributed by atoms with Crippen molar-refractivity contribution < 1.29 is 14.2 Å². The van der Waals surface area contributed by atoms with Crippen LogP contribution in [0.3, 0.4) is 0 Å². The molecule has 4 heteroatoms. The second-order valence-electron chi connectivity index (χ2n) is 2.74. The zero-order valence-electron chi connectivity index (χ0n) is 9.33. The van der Waals surface area contributed by atoms with Crippen molar-refractivity contribution in [2.24, 2.45) is 0 Å². The number of benzene rings is 1. The van der Waals surface area contributed by atoms with Gasteiger partial charge in [-0.15, -0.1) is 0 Å². The molecular weight excluding hydrogens is 206 g/mol. The lowest BCUT2D eigenvalue weighted by molar-refractivity contribution is 0.324. The van der Waals surface area contributed by atoms with Crippen LogP contribution in [0.2, 0.25) is 0 Å². The molecule has 0 radical (unpaired) electrons. The monoisotopic (exact) mass is 217 g/mol. The van der Waals surface area contributed by atoms with E-state index in [9.17, 15) is 0 Å². The number of methoxy groups -OCH3 is 3. The first kappa shape index (κ1) is 11.7. The number of hydrogen-bond acceptors (Lipinski definition) is 4. The van der Waals surface area contributed by atoms with E-state index in [1.165, 1.54) is 21.3 Å². The Balaban J connectivity index is 3.38. The predicted molar refractivity (Wildman–Crippen MR) is 58.6 cm³/mol. The van der Waals surface area contributed by atoms with Crippen molar-refractivity contribution in [3.05, 3.63) is 17.7 Å². The van der Waals surface area contributed by atoms with Crippen LogP contribution in [0, 0.1) is 23.2 Å². The summed E-state index contributed by atoms with van der Waals surface area (Å²) in [4.78, 5) is 0. The molecule has 0 spiro atoms. The van der Waals surface area contributed by atoms with E-state index in [1.54, 1.807) is 18.2 Å². The van der Waals surface area contributed by atoms with Gasteiger partial charge in [0.2, 0.25) is 5.75 Å². The maximum atomic E-state index is 8.40. The minimum Gasteiger partial charge on any atom is -0.493 e. The molecule has 16 heavy (non-hydrogen) atoms. The molecule has 0 aliphatic carbocycles. The molecule has 0 heterocycles. The van der Waals surface area contributed by atoms with Crippen LogP contribution >= 0.6 is 0 Å². The van der Waals surface area contributed by atoms with E-state index in [1.807, 2.05) is 0 Å². The van der Waals surface area contributed by atoms with Gasteiger partial charge in [0.25, 0.3) is 0 Å². The highest BCUT2D eigenvalue weighted by molar-refractivity contribution is 5.61. The summed E-state index contributed by atoms with van der Waals surface area (Å²) in [5.74, 6) is 6.46. The molecule has 1 aromatic rings. The largest absolute Gasteiger partial charge is 0.493 e. The average Bonchev–Trinajstić information content (AvgIpc) is 2.34. The molecule has 4 nitrogen and oxygen atoms in total. The quantitative estimate of drug-likeness (QED) is 0.721. The highest BCUT2D eigenvalue weighted by Gasteiger charge is 2.14. The van der Waals surface area contributed by atoms with Gasteiger partial charge in [0.15, 0.2) is 17.6 Å². The van der Waals surface area contributed by atoms with Crippen LogP contribution in [0.5, 0.6) is 17.2 Å². The van der Waals surface area contributed by atoms with E-state index >= 15 is 0 Å². The van der Waals surface area contributed by atoms with Crippen molar-refractivity contribution in [1.82, 2.24) is 0 Å². The molecule has 0 bridgehead atoms. The second-order valence-corrected chi connectivity index (χ2v) is 2.74. The summed E-state index contributed by atoms with van der Waals surface area (Å²) < 4.78 is 15.5. The number of ether oxygens (including phenoxy) is 3. The van der Waals surface area contributed by atoms with Crippen molar-refractivity contribution >= 4 is 0 Å². The second kappa shape index (κ2) is 5.53. The Morgan fingerprint density at radius 2 is 1.69 bits per heavy atom. The third kappa shape index (κ3) is 2.18. The Morgan fingerprint density at radius 3 is 2.19 bits per heavy atom. The smallest absolute Gasteiger partial charge is 0.204 e. The van der Waals surface area contributed by atoms with Crippen LogP contribution in [0.4, 0.5) is 0 Å². The number of nitriles is 1. The highest BCUT2D eigenvalue weighted by atomic mass is 16.5. The van der Waals surface area contributed by atoms with Crippen molar-refractivity contribution in [2.45, 2.75) is 0 Å². The Labute approximate surface area is 94.4 Å². The van der Waals surface area contributed by atoms with E-state index < -0.39 is 0 Å². The number of nitrogens with zero attached hydrogens (tertiary/aromatic N) is 1. The molecule has 0 saturated heterocycles. The van der Waals surface area contributed by atoms with E-state index in [-0.39, 0.29) is 0 Å². The fourth-order valence-electron chi connectivity index (χ4n) is 1.30. The van der Waals surface area contributed by atoms with Crippen molar-refractivity contribution in [1.29, 1.82) is 5.26 Å². The summed E-state index contributed by atoms with van der Waals surface area (Å²) in [5.41, 5.74) is 0.585. The molecule has 0 saturated carbocycles. The molecule has 0 aliphatic heterocycles. The van der Waals surface area contributed by atoms with Gasteiger partial charge < -0.3 is 14.2 Å². The van der Waals surface area contributed by atoms with Gasteiger partial charge in [-0.25, -0.2) is 0 Å². The molecular formula is C12H11NO3. The van der Waals surface area contributed by atoms with Gasteiger partial charge in [0.1, 0.15) is 0 Å². The highest BCUT2D eigenvalue weighted by Crippen LogP contribution is 2.39. The van der Waals surface area contributed by atoms with Crippen molar-refractivity contribution in [2.75, 3.05) is 21.3 Å². The predicted octanol–water partition coefficient (Wildman–Crippen LogP) is 1.59. The Bertz CT molecular complexity index is 478. The number of hydrogen-bond donors (Lipinski definition) is 0. The van der Waals surface area contributed by atoms with Crippen molar-refractivity contribution in [3.8, 4) is 35.2 Å². The van der Waals surface area contributed by atoms with E-state index in [4.69, 9.17) is 19.5 Å². The molecule has 82 valence electrons. The third-order valence-electron chi connectivity index (χ3n) is 1.96. The van der Waals surface area contributed by atoms with Gasteiger partial charge in [0, 0.05) is 5.92 Å². The van der Waals surface area contributed by atoms with Gasteiger partial charge in [-0.2, -0.15) is 5.26 Å². The van der Waals surface area contributed by atoms with Gasteiger partial charge in [-0.1, -0.05) is 0 Å². The SMILES string of the molecule is COc1ccc(C#CC#N)c(OC)c1OC. The Kier molecular flexibility index (Phi) is 4.06. The minimum absolute atomic E-state index is 0.463. The van der Waals surface area contributed by atoms with Crippen LogP contribution in [0.1, 0.15) is 5.56 Å². The van der Waals surface area contributed by atoms with Crippen LogP contribution in [-0.4, -0.2) is 21.3 Å². The Morgan fingerprint density at radius 1 is 1.00 bits per heavy atom. The van der Waals surface area contributed by atoms with Gasteiger partial charge in [0.05, 0.1) is 26.9 Å². The first-order valence-corrected chi connectivity index (χ1v) is 4.47. The Hall–Kier alpha value is -2.33.